The van der Waals surface area contributed by atoms with Gasteiger partial charge in [0.1, 0.15) is 5.75 Å². The molecule has 0 bridgehead atoms. The van der Waals surface area contributed by atoms with E-state index in [1.165, 1.54) is 0 Å². The predicted octanol–water partition coefficient (Wildman–Crippen LogP) is 6.83. The Balaban J connectivity index is 1.81. The molecular formula is C24H19Cl2NO2. The molecule has 3 aromatic rings. The molecule has 3 aromatic carbocycles. The number of ether oxygens (including phenoxy) is 1. The van der Waals surface area contributed by atoms with Crippen molar-refractivity contribution in [2.75, 3.05) is 12.4 Å². The van der Waals surface area contributed by atoms with Crippen molar-refractivity contribution in [1.29, 1.82) is 0 Å². The van der Waals surface area contributed by atoms with Gasteiger partial charge in [0.15, 0.2) is 5.78 Å². The quantitative estimate of drug-likeness (QED) is 0.490. The molecule has 5 rings (SSSR count). The molecule has 0 fully saturated rings. The molecule has 1 aliphatic carbocycles. The van der Waals surface area contributed by atoms with E-state index in [4.69, 9.17) is 27.9 Å². The zero-order chi connectivity index (χ0) is 20.1. The van der Waals surface area contributed by atoms with E-state index in [1.807, 2.05) is 18.2 Å². The van der Waals surface area contributed by atoms with Crippen LogP contribution in [-0.4, -0.2) is 12.9 Å². The minimum Gasteiger partial charge on any atom is -0.495 e. The highest BCUT2D eigenvalue weighted by atomic mass is 35.5. The average molecular weight is 424 g/mol. The monoisotopic (exact) mass is 423 g/mol. The number of rotatable bonds is 2. The van der Waals surface area contributed by atoms with Gasteiger partial charge in [-0.25, -0.2) is 0 Å². The van der Waals surface area contributed by atoms with Gasteiger partial charge < -0.3 is 10.1 Å². The van der Waals surface area contributed by atoms with Gasteiger partial charge in [-0.2, -0.15) is 0 Å². The van der Waals surface area contributed by atoms with Gasteiger partial charge in [0, 0.05) is 33.8 Å². The number of Topliss-reactive ketones (excluding diaryl/α,β-unsaturated/α-hetero) is 1. The number of benzene rings is 3. The van der Waals surface area contributed by atoms with E-state index in [2.05, 4.69) is 29.6 Å². The van der Waals surface area contributed by atoms with Gasteiger partial charge in [0.25, 0.3) is 0 Å². The molecular weight excluding hydrogens is 405 g/mol. The molecule has 0 radical (unpaired) electrons. The number of allylic oxidation sites excluding steroid dienone is 1. The molecule has 1 aliphatic heterocycles. The molecule has 0 spiro atoms. The first-order chi connectivity index (χ1) is 14.1. The lowest BCUT2D eigenvalue weighted by molar-refractivity contribution is -0.114. The summed E-state index contributed by atoms with van der Waals surface area (Å²) in [5, 5.41) is 6.87. The summed E-state index contributed by atoms with van der Waals surface area (Å²) in [5.74, 6) is 0.783. The minimum atomic E-state index is -0.214. The molecule has 0 aromatic heterocycles. The SMILES string of the molecule is COc1c(Cl)cc(Cl)cc1[C@H]1Nc2ccc3ccccc3c2C2=C1CCCC2=O. The van der Waals surface area contributed by atoms with Gasteiger partial charge >= 0.3 is 0 Å². The number of carbonyl (C=O) groups is 1. The Hall–Kier alpha value is -2.49. The van der Waals surface area contributed by atoms with E-state index in [1.54, 1.807) is 13.2 Å². The molecule has 29 heavy (non-hydrogen) atoms. The molecule has 1 heterocycles. The van der Waals surface area contributed by atoms with Crippen molar-refractivity contribution in [2.45, 2.75) is 25.3 Å². The van der Waals surface area contributed by atoms with Crippen LogP contribution in [0.15, 0.2) is 54.1 Å². The van der Waals surface area contributed by atoms with Crippen LogP contribution in [0.2, 0.25) is 10.0 Å². The van der Waals surface area contributed by atoms with Crippen LogP contribution < -0.4 is 10.1 Å². The van der Waals surface area contributed by atoms with Crippen molar-refractivity contribution in [2.24, 2.45) is 0 Å². The highest BCUT2D eigenvalue weighted by Crippen LogP contribution is 2.50. The van der Waals surface area contributed by atoms with Crippen LogP contribution in [0, 0.1) is 0 Å². The van der Waals surface area contributed by atoms with Gasteiger partial charge in [0.2, 0.25) is 0 Å². The number of anilines is 1. The summed E-state index contributed by atoms with van der Waals surface area (Å²) in [5.41, 5.74) is 4.73. The Morgan fingerprint density at radius 1 is 1.07 bits per heavy atom. The molecule has 0 amide bonds. The second-order valence-corrected chi connectivity index (χ2v) is 8.32. The molecule has 0 unspecified atom stereocenters. The predicted molar refractivity (Wildman–Crippen MR) is 119 cm³/mol. The first-order valence-electron chi connectivity index (χ1n) is 9.66. The van der Waals surface area contributed by atoms with E-state index in [-0.39, 0.29) is 11.8 Å². The van der Waals surface area contributed by atoms with E-state index in [0.717, 1.165) is 51.6 Å². The van der Waals surface area contributed by atoms with Crippen LogP contribution in [0.5, 0.6) is 5.75 Å². The lowest BCUT2D eigenvalue weighted by Crippen LogP contribution is -2.26. The highest BCUT2D eigenvalue weighted by Gasteiger charge is 2.36. The zero-order valence-corrected chi connectivity index (χ0v) is 17.4. The Morgan fingerprint density at radius 2 is 1.90 bits per heavy atom. The van der Waals surface area contributed by atoms with Crippen LogP contribution in [0.4, 0.5) is 5.69 Å². The standard InChI is InChI=1S/C24H19Cl2NO2/c1-29-24-17(11-14(25)12-18(24)26)23-16-7-4-8-20(28)22(16)21-15-6-3-2-5-13(15)9-10-19(21)27-23/h2-3,5-6,9-12,23,27H,4,7-8H2,1H3/t23-/m0/s1. The number of ketones is 1. The largest absolute Gasteiger partial charge is 0.495 e. The third kappa shape index (κ3) is 2.92. The van der Waals surface area contributed by atoms with Crippen LogP contribution in [0.25, 0.3) is 16.3 Å². The van der Waals surface area contributed by atoms with Gasteiger partial charge in [-0.3, -0.25) is 4.79 Å². The number of fused-ring (bicyclic) bond motifs is 4. The number of hydrogen-bond donors (Lipinski definition) is 1. The first-order valence-corrected chi connectivity index (χ1v) is 10.4. The molecule has 2 aliphatic rings. The first kappa shape index (κ1) is 18.5. The lowest BCUT2D eigenvalue weighted by Gasteiger charge is -2.36. The fourth-order valence-electron chi connectivity index (χ4n) is 4.64. The number of carbonyl (C=O) groups excluding carboxylic acids is 1. The molecule has 3 nitrogen and oxygen atoms in total. The summed E-state index contributed by atoms with van der Waals surface area (Å²) in [6.07, 6.45) is 2.25. The summed E-state index contributed by atoms with van der Waals surface area (Å²) >= 11 is 12.7. The summed E-state index contributed by atoms with van der Waals surface area (Å²) in [6.45, 7) is 0. The topological polar surface area (TPSA) is 38.3 Å². The van der Waals surface area contributed by atoms with Crippen molar-refractivity contribution < 1.29 is 9.53 Å². The van der Waals surface area contributed by atoms with Crippen LogP contribution >= 0.6 is 23.2 Å². The molecule has 146 valence electrons. The second kappa shape index (κ2) is 7.08. The van der Waals surface area contributed by atoms with E-state index >= 15 is 0 Å². The number of nitrogens with one attached hydrogen (secondary N) is 1. The normalized spacial score (nSPS) is 18.3. The van der Waals surface area contributed by atoms with E-state index in [0.29, 0.717) is 22.2 Å². The van der Waals surface area contributed by atoms with Gasteiger partial charge in [-0.1, -0.05) is 53.5 Å². The summed E-state index contributed by atoms with van der Waals surface area (Å²) in [7, 11) is 1.60. The number of halogens is 2. The van der Waals surface area contributed by atoms with Crippen LogP contribution in [0.3, 0.4) is 0 Å². The fourth-order valence-corrected chi connectivity index (χ4v) is 5.22. The summed E-state index contributed by atoms with van der Waals surface area (Å²) in [4.78, 5) is 13.1. The molecule has 1 atom stereocenters. The smallest absolute Gasteiger partial charge is 0.163 e. The van der Waals surface area contributed by atoms with Crippen molar-refractivity contribution in [3.8, 4) is 5.75 Å². The third-order valence-electron chi connectivity index (χ3n) is 5.83. The maximum absolute atomic E-state index is 13.1. The van der Waals surface area contributed by atoms with Crippen molar-refractivity contribution in [3.63, 3.8) is 0 Å². The third-order valence-corrected chi connectivity index (χ3v) is 6.33. The van der Waals surface area contributed by atoms with Gasteiger partial charge in [0.05, 0.1) is 18.2 Å². The Labute approximate surface area is 179 Å². The summed E-state index contributed by atoms with van der Waals surface area (Å²) < 4.78 is 5.61. The van der Waals surface area contributed by atoms with E-state index < -0.39 is 0 Å². The molecule has 5 heteroatoms. The highest BCUT2D eigenvalue weighted by molar-refractivity contribution is 6.36. The minimum absolute atomic E-state index is 0.197. The van der Waals surface area contributed by atoms with Crippen LogP contribution in [0.1, 0.15) is 36.4 Å². The van der Waals surface area contributed by atoms with Crippen molar-refractivity contribution >= 4 is 51.0 Å². The second-order valence-electron chi connectivity index (χ2n) is 7.47. The Morgan fingerprint density at radius 3 is 2.72 bits per heavy atom. The Bertz CT molecular complexity index is 1200. The molecule has 1 N–H and O–H groups in total. The van der Waals surface area contributed by atoms with Crippen LogP contribution in [-0.2, 0) is 4.79 Å². The number of methoxy groups -OCH3 is 1. The van der Waals surface area contributed by atoms with Crippen molar-refractivity contribution in [1.82, 2.24) is 0 Å². The lowest BCUT2D eigenvalue weighted by atomic mass is 9.76. The molecule has 0 saturated heterocycles. The fraction of sp³-hybridized carbons (Fsp3) is 0.208. The van der Waals surface area contributed by atoms with Gasteiger partial charge in [-0.15, -0.1) is 0 Å². The number of hydrogen-bond acceptors (Lipinski definition) is 3. The molecule has 0 saturated carbocycles. The van der Waals surface area contributed by atoms with Gasteiger partial charge in [-0.05, 0) is 47.4 Å². The zero-order valence-electron chi connectivity index (χ0n) is 15.9. The Kier molecular flexibility index (Phi) is 4.53. The maximum atomic E-state index is 13.1. The maximum Gasteiger partial charge on any atom is 0.163 e. The van der Waals surface area contributed by atoms with Crippen molar-refractivity contribution in [3.05, 3.63) is 75.3 Å². The summed E-state index contributed by atoms with van der Waals surface area (Å²) in [6, 6.07) is 15.7. The average Bonchev–Trinajstić information content (AvgIpc) is 2.72. The van der Waals surface area contributed by atoms with E-state index in [9.17, 15) is 4.79 Å².